The first-order chi connectivity index (χ1) is 12.6. The van der Waals surface area contributed by atoms with Gasteiger partial charge in [0.05, 0.1) is 0 Å². The van der Waals surface area contributed by atoms with Crippen LogP contribution in [0.3, 0.4) is 0 Å². The third-order valence-corrected chi connectivity index (χ3v) is 11.6. The summed E-state index contributed by atoms with van der Waals surface area (Å²) >= 11 is 0. The molecule has 1 unspecified atom stereocenters. The highest BCUT2D eigenvalue weighted by molar-refractivity contribution is 6.74. The van der Waals surface area contributed by atoms with Crippen molar-refractivity contribution in [1.82, 2.24) is 4.90 Å². The van der Waals surface area contributed by atoms with Crippen LogP contribution in [0.5, 0.6) is 0 Å². The Morgan fingerprint density at radius 3 is 2.19 bits per heavy atom. The molecule has 1 aliphatic rings. The molecule has 0 spiro atoms. The second kappa shape index (κ2) is 9.24. The van der Waals surface area contributed by atoms with Gasteiger partial charge in [0.25, 0.3) is 0 Å². The van der Waals surface area contributed by atoms with Crippen LogP contribution in [0.25, 0.3) is 0 Å². The van der Waals surface area contributed by atoms with Crippen LogP contribution in [-0.2, 0) is 11.0 Å². The molecule has 2 nitrogen and oxygen atoms in total. The molecule has 1 aromatic rings. The van der Waals surface area contributed by atoms with Crippen molar-refractivity contribution in [3.63, 3.8) is 0 Å². The molecular weight excluding hydrogens is 346 g/mol. The third kappa shape index (κ3) is 5.46. The van der Waals surface area contributed by atoms with E-state index in [0.29, 0.717) is 11.6 Å². The van der Waals surface area contributed by atoms with E-state index in [9.17, 15) is 0 Å². The predicted octanol–water partition coefficient (Wildman–Crippen LogP) is 7.01. The topological polar surface area (TPSA) is 12.5 Å². The zero-order valence-electron chi connectivity index (χ0n) is 19.0. The lowest BCUT2D eigenvalue weighted by molar-refractivity contribution is 0.0491. The number of nitrogens with zero attached hydrogens (tertiary/aromatic N) is 1. The fourth-order valence-corrected chi connectivity index (χ4v) is 5.53. The zero-order chi connectivity index (χ0) is 20.1. The summed E-state index contributed by atoms with van der Waals surface area (Å²) in [5, 5.41) is 0.278. The quantitative estimate of drug-likeness (QED) is 0.421. The van der Waals surface area contributed by atoms with Gasteiger partial charge >= 0.3 is 0 Å². The summed E-state index contributed by atoms with van der Waals surface area (Å²) in [6.45, 7) is 18.4. The van der Waals surface area contributed by atoms with Crippen LogP contribution < -0.4 is 0 Å². The van der Waals surface area contributed by atoms with Crippen molar-refractivity contribution in [2.24, 2.45) is 0 Å². The second-order valence-electron chi connectivity index (χ2n) is 10.1. The molecule has 0 amide bonds. The summed E-state index contributed by atoms with van der Waals surface area (Å²) in [7, 11) is -1.70. The maximum atomic E-state index is 6.69. The first-order valence-electron chi connectivity index (χ1n) is 11.1. The summed E-state index contributed by atoms with van der Waals surface area (Å²) < 4.78 is 6.69. The van der Waals surface area contributed by atoms with E-state index >= 15 is 0 Å². The zero-order valence-corrected chi connectivity index (χ0v) is 20.0. The van der Waals surface area contributed by atoms with Gasteiger partial charge in [-0.3, -0.25) is 4.90 Å². The van der Waals surface area contributed by atoms with E-state index in [0.717, 1.165) is 13.2 Å². The molecule has 1 aliphatic heterocycles. The number of likely N-dealkylation sites (tertiary alicyclic amines) is 1. The Balaban J connectivity index is 2.21. The van der Waals surface area contributed by atoms with Gasteiger partial charge < -0.3 is 4.43 Å². The van der Waals surface area contributed by atoms with Crippen molar-refractivity contribution in [3.05, 3.63) is 35.9 Å². The molecule has 1 saturated heterocycles. The molecule has 2 rings (SSSR count). The summed E-state index contributed by atoms with van der Waals surface area (Å²) in [5.41, 5.74) is 1.80. The lowest BCUT2D eigenvalue weighted by atomic mass is 9.86. The van der Waals surface area contributed by atoms with E-state index in [2.05, 4.69) is 82.9 Å². The smallest absolute Gasteiger partial charge is 0.192 e. The van der Waals surface area contributed by atoms with Crippen LogP contribution in [0.1, 0.15) is 78.7 Å². The van der Waals surface area contributed by atoms with Crippen LogP contribution in [0.15, 0.2) is 30.3 Å². The number of rotatable bonds is 9. The lowest BCUT2D eigenvalue weighted by Crippen LogP contribution is -2.50. The average Bonchev–Trinajstić information content (AvgIpc) is 2.91. The minimum atomic E-state index is -1.70. The lowest BCUT2D eigenvalue weighted by Gasteiger charge is -2.43. The number of benzene rings is 1. The number of hydrogen-bond donors (Lipinski definition) is 0. The van der Waals surface area contributed by atoms with Crippen molar-refractivity contribution >= 4 is 8.32 Å². The maximum Gasteiger partial charge on any atom is 0.192 e. The van der Waals surface area contributed by atoms with E-state index in [-0.39, 0.29) is 5.04 Å². The molecule has 1 atom stereocenters. The van der Waals surface area contributed by atoms with E-state index in [1.807, 2.05) is 0 Å². The molecule has 27 heavy (non-hydrogen) atoms. The van der Waals surface area contributed by atoms with E-state index in [1.54, 1.807) is 0 Å². The average molecular weight is 390 g/mol. The SMILES string of the molecule is CCCC1(CCC)CCC(CO[Si](C)(C)C(C)(C)C)N1Cc1ccccc1. The summed E-state index contributed by atoms with van der Waals surface area (Å²) in [5.74, 6) is 0. The highest BCUT2D eigenvalue weighted by atomic mass is 28.4. The molecular formula is C24H43NOSi. The van der Waals surface area contributed by atoms with Gasteiger partial charge in [0, 0.05) is 24.7 Å². The van der Waals surface area contributed by atoms with Crippen molar-refractivity contribution in [2.75, 3.05) is 6.61 Å². The Hall–Kier alpha value is -0.643. The van der Waals surface area contributed by atoms with Crippen LogP contribution >= 0.6 is 0 Å². The summed E-state index contributed by atoms with van der Waals surface area (Å²) in [6.07, 6.45) is 7.76. The van der Waals surface area contributed by atoms with Crippen molar-refractivity contribution in [3.8, 4) is 0 Å². The fraction of sp³-hybridized carbons (Fsp3) is 0.750. The van der Waals surface area contributed by atoms with Crippen molar-refractivity contribution in [2.45, 2.75) is 109 Å². The predicted molar refractivity (Wildman–Crippen MR) is 121 cm³/mol. The van der Waals surface area contributed by atoms with E-state index < -0.39 is 8.32 Å². The molecule has 0 saturated carbocycles. The minimum Gasteiger partial charge on any atom is -0.415 e. The van der Waals surface area contributed by atoms with Gasteiger partial charge in [0.15, 0.2) is 8.32 Å². The fourth-order valence-electron chi connectivity index (χ4n) is 4.49. The van der Waals surface area contributed by atoms with Crippen molar-refractivity contribution in [1.29, 1.82) is 0 Å². The van der Waals surface area contributed by atoms with Gasteiger partial charge in [-0.25, -0.2) is 0 Å². The standard InChI is InChI=1S/C24H43NOSi/c1-8-16-24(17-9-2)18-15-22(20-26-27(6,7)23(3,4)5)25(24)19-21-13-11-10-12-14-21/h10-14,22H,8-9,15-20H2,1-7H3. The Kier molecular flexibility index (Phi) is 7.75. The molecule has 0 radical (unpaired) electrons. The Bertz CT molecular complexity index is 557. The van der Waals surface area contributed by atoms with E-state index in [4.69, 9.17) is 4.43 Å². The van der Waals surface area contributed by atoms with E-state index in [1.165, 1.54) is 44.1 Å². The summed E-state index contributed by atoms with van der Waals surface area (Å²) in [6, 6.07) is 11.6. The van der Waals surface area contributed by atoms with Crippen molar-refractivity contribution < 1.29 is 4.43 Å². The molecule has 0 N–H and O–H groups in total. The molecule has 154 valence electrons. The van der Waals surface area contributed by atoms with Gasteiger partial charge in [-0.2, -0.15) is 0 Å². The Morgan fingerprint density at radius 1 is 1.07 bits per heavy atom. The largest absolute Gasteiger partial charge is 0.415 e. The summed E-state index contributed by atoms with van der Waals surface area (Å²) in [4.78, 5) is 2.84. The normalized spacial score (nSPS) is 20.9. The Labute approximate surface area is 169 Å². The van der Waals surface area contributed by atoms with Gasteiger partial charge in [0.1, 0.15) is 0 Å². The minimum absolute atomic E-state index is 0.278. The van der Waals surface area contributed by atoms with Crippen LogP contribution in [0.4, 0.5) is 0 Å². The third-order valence-electron chi connectivity index (χ3n) is 7.06. The molecule has 1 fully saturated rings. The van der Waals surface area contributed by atoms with Crippen LogP contribution in [0, 0.1) is 0 Å². The molecule has 0 aromatic heterocycles. The maximum absolute atomic E-state index is 6.69. The van der Waals surface area contributed by atoms with Gasteiger partial charge in [-0.05, 0) is 49.4 Å². The highest BCUT2D eigenvalue weighted by Crippen LogP contribution is 2.43. The van der Waals surface area contributed by atoms with Gasteiger partial charge in [-0.15, -0.1) is 0 Å². The Morgan fingerprint density at radius 2 is 1.67 bits per heavy atom. The molecule has 1 heterocycles. The first kappa shape index (κ1) is 22.6. The first-order valence-corrected chi connectivity index (χ1v) is 14.0. The van der Waals surface area contributed by atoms with Gasteiger partial charge in [0.2, 0.25) is 0 Å². The molecule has 0 aliphatic carbocycles. The second-order valence-corrected chi connectivity index (χ2v) is 14.9. The van der Waals surface area contributed by atoms with Gasteiger partial charge in [-0.1, -0.05) is 77.8 Å². The molecule has 1 aromatic carbocycles. The highest BCUT2D eigenvalue weighted by Gasteiger charge is 2.46. The van der Waals surface area contributed by atoms with Crippen LogP contribution in [0.2, 0.25) is 18.1 Å². The molecule has 3 heteroatoms. The number of hydrogen-bond acceptors (Lipinski definition) is 2. The van der Waals surface area contributed by atoms with Crippen LogP contribution in [-0.4, -0.2) is 31.4 Å². The molecule has 0 bridgehead atoms. The monoisotopic (exact) mass is 389 g/mol.